The van der Waals surface area contributed by atoms with E-state index >= 15 is 0 Å². The van der Waals surface area contributed by atoms with Gasteiger partial charge in [0.25, 0.3) is 5.91 Å². The maximum atomic E-state index is 11.8. The Hall–Kier alpha value is -1.82. The smallest absolute Gasteiger partial charge is 0.253 e. The highest BCUT2D eigenvalue weighted by atomic mass is 79.9. The average molecular weight is 307 g/mol. The minimum atomic E-state index is -0.180. The number of amides is 1. The van der Waals surface area contributed by atoms with Crippen molar-refractivity contribution in [3.05, 3.63) is 52.3 Å². The third-order valence-corrected chi connectivity index (χ3v) is 2.66. The lowest BCUT2D eigenvalue weighted by molar-refractivity contribution is 0.0950. The number of hydrogen-bond acceptors (Lipinski definition) is 4. The van der Waals surface area contributed by atoms with Crippen LogP contribution in [0.15, 0.2) is 35.2 Å². The fraction of sp³-hybridized carbons (Fsp3) is 0.167. The van der Waals surface area contributed by atoms with Crippen molar-refractivity contribution in [2.24, 2.45) is 0 Å². The number of rotatable bonds is 3. The third-order valence-electron chi connectivity index (χ3n) is 2.23. The van der Waals surface area contributed by atoms with Crippen molar-refractivity contribution < 1.29 is 4.79 Å². The molecule has 18 heavy (non-hydrogen) atoms. The van der Waals surface area contributed by atoms with Crippen LogP contribution >= 0.6 is 15.9 Å². The molecule has 0 spiro atoms. The van der Waals surface area contributed by atoms with Crippen molar-refractivity contribution in [2.45, 2.75) is 13.5 Å². The summed E-state index contributed by atoms with van der Waals surface area (Å²) < 4.78 is 0.771. The molecule has 92 valence electrons. The Morgan fingerprint density at radius 3 is 3.00 bits per heavy atom. The molecule has 0 unspecified atom stereocenters. The van der Waals surface area contributed by atoms with Gasteiger partial charge in [-0.3, -0.25) is 9.78 Å². The molecule has 0 bridgehead atoms. The number of carbonyl (C=O) groups excluding carboxylic acids is 1. The molecule has 2 rings (SSSR count). The third kappa shape index (κ3) is 3.33. The number of halogens is 1. The molecule has 5 nitrogen and oxygen atoms in total. The van der Waals surface area contributed by atoms with Gasteiger partial charge in [-0.05, 0) is 35.0 Å². The zero-order valence-electron chi connectivity index (χ0n) is 9.72. The number of hydrogen-bond donors (Lipinski definition) is 1. The molecular weight excluding hydrogens is 296 g/mol. The van der Waals surface area contributed by atoms with Gasteiger partial charge in [-0.2, -0.15) is 0 Å². The van der Waals surface area contributed by atoms with Crippen LogP contribution < -0.4 is 5.32 Å². The normalized spacial score (nSPS) is 10.1. The molecular formula is C12H11BrN4O. The maximum Gasteiger partial charge on any atom is 0.253 e. The molecule has 0 aromatic carbocycles. The first kappa shape index (κ1) is 12.6. The molecule has 0 fully saturated rings. The summed E-state index contributed by atoms with van der Waals surface area (Å²) in [5, 5.41) is 2.78. The molecule has 0 atom stereocenters. The molecule has 0 aliphatic heterocycles. The summed E-state index contributed by atoms with van der Waals surface area (Å²) >= 11 is 3.27. The van der Waals surface area contributed by atoms with Gasteiger partial charge in [-0.1, -0.05) is 0 Å². The summed E-state index contributed by atoms with van der Waals surface area (Å²) in [6.07, 6.45) is 4.82. The van der Waals surface area contributed by atoms with E-state index < -0.39 is 0 Å². The van der Waals surface area contributed by atoms with Gasteiger partial charge in [0.1, 0.15) is 5.82 Å². The van der Waals surface area contributed by atoms with E-state index in [1.54, 1.807) is 24.5 Å². The number of carbonyl (C=O) groups is 1. The first-order chi connectivity index (χ1) is 8.65. The Morgan fingerprint density at radius 2 is 2.28 bits per heavy atom. The van der Waals surface area contributed by atoms with Crippen LogP contribution in [-0.4, -0.2) is 20.9 Å². The molecule has 2 aromatic rings. The monoisotopic (exact) mass is 306 g/mol. The summed E-state index contributed by atoms with van der Waals surface area (Å²) in [7, 11) is 0. The van der Waals surface area contributed by atoms with E-state index in [0.717, 1.165) is 10.2 Å². The predicted molar refractivity (Wildman–Crippen MR) is 69.9 cm³/mol. The Labute approximate surface area is 113 Å². The summed E-state index contributed by atoms with van der Waals surface area (Å²) in [5.41, 5.74) is 1.29. The van der Waals surface area contributed by atoms with Crippen molar-refractivity contribution >= 4 is 21.8 Å². The van der Waals surface area contributed by atoms with E-state index in [2.05, 4.69) is 36.2 Å². The van der Waals surface area contributed by atoms with Gasteiger partial charge in [0.2, 0.25) is 0 Å². The van der Waals surface area contributed by atoms with Crippen molar-refractivity contribution in [1.82, 2.24) is 20.3 Å². The van der Waals surface area contributed by atoms with Gasteiger partial charge >= 0.3 is 0 Å². The van der Waals surface area contributed by atoms with Crippen LogP contribution in [0.4, 0.5) is 0 Å². The highest BCUT2D eigenvalue weighted by Gasteiger charge is 2.06. The molecule has 2 aromatic heterocycles. The van der Waals surface area contributed by atoms with Crippen LogP contribution in [-0.2, 0) is 6.54 Å². The topological polar surface area (TPSA) is 67.8 Å². The molecule has 1 N–H and O–H groups in total. The average Bonchev–Trinajstić information content (AvgIpc) is 2.36. The Kier molecular flexibility index (Phi) is 3.99. The van der Waals surface area contributed by atoms with Gasteiger partial charge in [0, 0.05) is 23.1 Å². The van der Waals surface area contributed by atoms with Crippen LogP contribution in [0.25, 0.3) is 0 Å². The number of aromatic nitrogens is 3. The van der Waals surface area contributed by atoms with Gasteiger partial charge in [0.05, 0.1) is 17.8 Å². The zero-order chi connectivity index (χ0) is 13.0. The highest BCUT2D eigenvalue weighted by molar-refractivity contribution is 9.10. The highest BCUT2D eigenvalue weighted by Crippen LogP contribution is 2.09. The largest absolute Gasteiger partial charge is 0.346 e. The van der Waals surface area contributed by atoms with Gasteiger partial charge < -0.3 is 5.32 Å². The van der Waals surface area contributed by atoms with Crippen molar-refractivity contribution in [3.8, 4) is 0 Å². The fourth-order valence-electron chi connectivity index (χ4n) is 1.41. The molecule has 6 heteroatoms. The second kappa shape index (κ2) is 5.68. The maximum absolute atomic E-state index is 11.8. The lowest BCUT2D eigenvalue weighted by Crippen LogP contribution is -2.23. The van der Waals surface area contributed by atoms with E-state index in [0.29, 0.717) is 17.9 Å². The van der Waals surface area contributed by atoms with Crippen LogP contribution in [0.5, 0.6) is 0 Å². The quantitative estimate of drug-likeness (QED) is 0.940. The van der Waals surface area contributed by atoms with Crippen molar-refractivity contribution in [1.29, 1.82) is 0 Å². The summed E-state index contributed by atoms with van der Waals surface area (Å²) in [4.78, 5) is 24.0. The SMILES string of the molecule is Cc1nccc(CNC(=O)c2cncc(Br)c2)n1. The Morgan fingerprint density at radius 1 is 1.44 bits per heavy atom. The zero-order valence-corrected chi connectivity index (χ0v) is 11.3. The van der Waals surface area contributed by atoms with Crippen LogP contribution in [0.1, 0.15) is 21.9 Å². The standard InChI is InChI=1S/C12H11BrN4O/c1-8-15-3-2-11(17-8)7-16-12(18)9-4-10(13)6-14-5-9/h2-6H,7H2,1H3,(H,16,18). The molecule has 0 aliphatic rings. The molecule has 0 saturated heterocycles. The first-order valence-corrected chi connectivity index (χ1v) is 6.12. The predicted octanol–water partition coefficient (Wildman–Crippen LogP) is 1.87. The van der Waals surface area contributed by atoms with Crippen LogP contribution in [0, 0.1) is 6.92 Å². The Bertz CT molecular complexity index is 574. The molecule has 0 saturated carbocycles. The first-order valence-electron chi connectivity index (χ1n) is 5.32. The minimum Gasteiger partial charge on any atom is -0.346 e. The van der Waals surface area contributed by atoms with Crippen molar-refractivity contribution in [3.63, 3.8) is 0 Å². The van der Waals surface area contributed by atoms with E-state index in [1.807, 2.05) is 6.92 Å². The number of pyridine rings is 1. The lowest BCUT2D eigenvalue weighted by Gasteiger charge is -2.05. The molecule has 1 amide bonds. The number of nitrogens with zero attached hydrogens (tertiary/aromatic N) is 3. The second-order valence-electron chi connectivity index (χ2n) is 3.67. The van der Waals surface area contributed by atoms with E-state index in [4.69, 9.17) is 0 Å². The molecule has 0 aliphatic carbocycles. The summed E-state index contributed by atoms with van der Waals surface area (Å²) in [5.74, 6) is 0.505. The number of aryl methyl sites for hydroxylation is 1. The number of nitrogens with one attached hydrogen (secondary N) is 1. The molecule has 2 heterocycles. The summed E-state index contributed by atoms with van der Waals surface area (Å²) in [6, 6.07) is 3.49. The van der Waals surface area contributed by atoms with Crippen LogP contribution in [0.3, 0.4) is 0 Å². The fourth-order valence-corrected chi connectivity index (χ4v) is 1.78. The summed E-state index contributed by atoms with van der Waals surface area (Å²) in [6.45, 7) is 2.18. The van der Waals surface area contributed by atoms with Crippen LogP contribution in [0.2, 0.25) is 0 Å². The van der Waals surface area contributed by atoms with Gasteiger partial charge in [-0.15, -0.1) is 0 Å². The lowest BCUT2D eigenvalue weighted by atomic mass is 10.2. The van der Waals surface area contributed by atoms with Crippen molar-refractivity contribution in [2.75, 3.05) is 0 Å². The van der Waals surface area contributed by atoms with Gasteiger partial charge in [-0.25, -0.2) is 9.97 Å². The van der Waals surface area contributed by atoms with E-state index in [-0.39, 0.29) is 5.91 Å². The molecule has 0 radical (unpaired) electrons. The van der Waals surface area contributed by atoms with E-state index in [9.17, 15) is 4.79 Å². The van der Waals surface area contributed by atoms with E-state index in [1.165, 1.54) is 6.20 Å². The van der Waals surface area contributed by atoms with Gasteiger partial charge in [0.15, 0.2) is 0 Å². The minimum absolute atomic E-state index is 0.180. The second-order valence-corrected chi connectivity index (χ2v) is 4.59. The Balaban J connectivity index is 2.00.